The normalized spacial score (nSPS) is 11.6. The van der Waals surface area contributed by atoms with Gasteiger partial charge < -0.3 is 13.4 Å². The van der Waals surface area contributed by atoms with Crippen LogP contribution >= 0.6 is 0 Å². The van der Waals surface area contributed by atoms with Gasteiger partial charge in [-0.3, -0.25) is 8.61 Å². The molecule has 0 saturated heterocycles. The van der Waals surface area contributed by atoms with Crippen molar-refractivity contribution in [1.29, 1.82) is 0 Å². The van der Waals surface area contributed by atoms with Gasteiger partial charge in [-0.15, -0.1) is 20.4 Å². The molecule has 0 N–H and O–H groups in total. The van der Waals surface area contributed by atoms with Crippen LogP contribution in [0.5, 0.6) is 0 Å². The predicted octanol–water partition coefficient (Wildman–Crippen LogP) is 8.06. The molecule has 0 amide bonds. The van der Waals surface area contributed by atoms with Crippen LogP contribution in [0.25, 0.3) is 22.9 Å². The molecule has 0 unspecified atom stereocenters. The second-order valence-corrected chi connectivity index (χ2v) is 16.2. The van der Waals surface area contributed by atoms with Gasteiger partial charge in [-0.1, -0.05) is 67.2 Å². The first-order valence-corrected chi connectivity index (χ1v) is 20.6. The average molecular weight is 851 g/mol. The van der Waals surface area contributed by atoms with Crippen molar-refractivity contribution in [1.82, 2.24) is 29.9 Å². The van der Waals surface area contributed by atoms with Gasteiger partial charge in [0.2, 0.25) is 21.8 Å². The predicted molar refractivity (Wildman–Crippen MR) is 210 cm³/mol. The zero-order chi connectivity index (χ0) is 42.0. The maximum atomic E-state index is 13.2. The zero-order valence-electron chi connectivity index (χ0n) is 30.7. The number of imidazole rings is 1. The lowest BCUT2D eigenvalue weighted by atomic mass is 10.1. The van der Waals surface area contributed by atoms with Crippen molar-refractivity contribution in [2.45, 2.75) is 32.5 Å². The molecule has 20 heteroatoms. The van der Waals surface area contributed by atoms with E-state index in [2.05, 4.69) is 32.0 Å². The number of anilines is 2. The molecule has 0 aliphatic heterocycles. The van der Waals surface area contributed by atoms with Crippen molar-refractivity contribution in [3.63, 3.8) is 0 Å². The molecule has 3 aromatic heterocycles. The average Bonchev–Trinajstić information content (AvgIpc) is 4.06. The van der Waals surface area contributed by atoms with Crippen LogP contribution in [0.1, 0.15) is 35.8 Å². The van der Waals surface area contributed by atoms with Gasteiger partial charge in [0, 0.05) is 35.5 Å². The van der Waals surface area contributed by atoms with Crippen LogP contribution in [0.3, 0.4) is 0 Å². The quantitative estimate of drug-likeness (QED) is 0.0862. The minimum absolute atomic E-state index is 0.0280. The van der Waals surface area contributed by atoms with Gasteiger partial charge >= 0.3 is 12.9 Å². The van der Waals surface area contributed by atoms with E-state index in [1.807, 2.05) is 6.07 Å². The van der Waals surface area contributed by atoms with Crippen molar-refractivity contribution < 1.29 is 43.2 Å². The summed E-state index contributed by atoms with van der Waals surface area (Å²) in [5.41, 5.74) is 3.35. The molecule has 0 aliphatic carbocycles. The highest BCUT2D eigenvalue weighted by atomic mass is 32.2. The number of nitrogens with zero attached hydrogens (tertiary/aromatic N) is 8. The summed E-state index contributed by atoms with van der Waals surface area (Å²) in [6, 6.07) is 30.6. The summed E-state index contributed by atoms with van der Waals surface area (Å²) in [7, 11) is -7.36. The van der Waals surface area contributed by atoms with Gasteiger partial charge in [0.25, 0.3) is 21.8 Å². The molecule has 7 aromatic rings. The monoisotopic (exact) mass is 850 g/mol. The molecular weight excluding hydrogens is 817 g/mol. The van der Waals surface area contributed by atoms with Crippen molar-refractivity contribution in [3.8, 4) is 22.9 Å². The molecule has 0 atom stereocenters. The van der Waals surface area contributed by atoms with Crippen LogP contribution in [-0.4, -0.2) is 52.5 Å². The Morgan fingerprint density at radius 1 is 0.644 bits per heavy atom. The minimum atomic E-state index is -3.71. The Hall–Kier alpha value is -6.67. The number of para-hydroxylation sites is 2. The smallest absolute Gasteiger partial charge is 0.314 e. The van der Waals surface area contributed by atoms with Crippen LogP contribution in [0.15, 0.2) is 149 Å². The summed E-state index contributed by atoms with van der Waals surface area (Å²) < 4.78 is 116. The molecular formula is C39H34F4N8O6S2. The van der Waals surface area contributed by atoms with Crippen molar-refractivity contribution >= 4 is 31.4 Å². The highest BCUT2D eigenvalue weighted by Crippen LogP contribution is 2.28. The molecule has 0 fully saturated rings. The Labute approximate surface area is 336 Å². The van der Waals surface area contributed by atoms with E-state index in [-0.39, 0.29) is 37.2 Å². The van der Waals surface area contributed by atoms with E-state index in [4.69, 9.17) is 8.83 Å². The summed E-state index contributed by atoms with van der Waals surface area (Å²) in [6.45, 7) is 3.82. The summed E-state index contributed by atoms with van der Waals surface area (Å²) >= 11 is 0. The number of hydrogen-bond donors (Lipinski definition) is 0. The molecule has 0 aliphatic rings. The summed E-state index contributed by atoms with van der Waals surface area (Å²) in [5.74, 6) is -1.66. The fourth-order valence-corrected chi connectivity index (χ4v) is 7.80. The van der Waals surface area contributed by atoms with E-state index in [0.29, 0.717) is 33.6 Å². The van der Waals surface area contributed by atoms with Crippen molar-refractivity contribution in [2.75, 3.05) is 14.4 Å². The van der Waals surface area contributed by atoms with Crippen molar-refractivity contribution in [2.24, 2.45) is 0 Å². The van der Waals surface area contributed by atoms with E-state index in [0.717, 1.165) is 5.41 Å². The van der Waals surface area contributed by atoms with Gasteiger partial charge in [-0.2, -0.15) is 17.6 Å². The molecule has 0 spiro atoms. The number of aryl methyl sites for hydroxylation is 1. The standard InChI is InChI=1S/C21H19F2N5O3S.C18H15F2N3O3S/c22-19(23)21-26-25-20(31-21)17-8-6-16(7-9-17)14-28(18-4-2-1-3-5-18)32(29,30)13-12-27-11-10-24-15-27;1-2-27(24,25)23(15-6-4-3-5-7-15)12-13-8-10-14(11-9-13)17-21-22-18(26-17)16(19)20/h1-11,15,19H,12-14H2;2-11,16H,1,12H2. The highest BCUT2D eigenvalue weighted by molar-refractivity contribution is 7.95. The first-order valence-electron chi connectivity index (χ1n) is 17.5. The SMILES string of the molecule is C=CS(=O)(=O)N(Cc1ccc(-c2nnc(C(F)F)o2)cc1)c1ccccc1.O=S(=O)(CCn1ccnc1)N(Cc1ccc(-c2nnc(C(F)F)o2)cc1)c1ccccc1. The lowest BCUT2D eigenvalue weighted by molar-refractivity contribution is 0.115. The summed E-state index contributed by atoms with van der Waals surface area (Å²) in [6.07, 6.45) is -0.816. The maximum absolute atomic E-state index is 13.2. The van der Waals surface area contributed by atoms with Gasteiger partial charge in [0.15, 0.2) is 0 Å². The molecule has 0 saturated carbocycles. The molecule has 4 aromatic carbocycles. The van der Waals surface area contributed by atoms with Gasteiger partial charge in [-0.25, -0.2) is 21.8 Å². The molecule has 3 heterocycles. The Bertz CT molecular complexity index is 2630. The molecule has 59 heavy (non-hydrogen) atoms. The molecule has 0 radical (unpaired) electrons. The van der Waals surface area contributed by atoms with Gasteiger partial charge in [0.05, 0.1) is 36.5 Å². The second-order valence-electron chi connectivity index (χ2n) is 12.4. The summed E-state index contributed by atoms with van der Waals surface area (Å²) in [5, 5.41) is 14.7. The molecule has 306 valence electrons. The number of alkyl halides is 4. The number of benzene rings is 4. The fourth-order valence-electron chi connectivity index (χ4n) is 5.42. The number of sulfonamides is 2. The Morgan fingerprint density at radius 2 is 1.10 bits per heavy atom. The van der Waals surface area contributed by atoms with Crippen LogP contribution in [-0.2, 0) is 39.7 Å². The first kappa shape index (κ1) is 41.9. The van der Waals surface area contributed by atoms with E-state index in [1.54, 1.807) is 126 Å². The third-order valence-corrected chi connectivity index (χ3v) is 11.5. The molecule has 7 rings (SSSR count). The van der Waals surface area contributed by atoms with E-state index < -0.39 is 44.7 Å². The number of hydrogen-bond acceptors (Lipinski definition) is 11. The maximum Gasteiger partial charge on any atom is 0.314 e. The number of rotatable bonds is 16. The molecule has 14 nitrogen and oxygen atoms in total. The second kappa shape index (κ2) is 18.7. The van der Waals surface area contributed by atoms with E-state index >= 15 is 0 Å². The third kappa shape index (κ3) is 10.8. The first-order chi connectivity index (χ1) is 28.3. The number of aromatic nitrogens is 6. The van der Waals surface area contributed by atoms with Gasteiger partial charge in [0.1, 0.15) is 0 Å². The Kier molecular flexibility index (Phi) is 13.3. The van der Waals surface area contributed by atoms with E-state index in [9.17, 15) is 34.4 Å². The third-order valence-electron chi connectivity index (χ3n) is 8.42. The fraction of sp³-hybridized carbons (Fsp3) is 0.154. The van der Waals surface area contributed by atoms with E-state index in [1.165, 1.54) is 8.61 Å². The highest BCUT2D eigenvalue weighted by Gasteiger charge is 2.24. The minimum Gasteiger partial charge on any atom is -0.415 e. The van der Waals surface area contributed by atoms with Crippen LogP contribution < -0.4 is 8.61 Å². The van der Waals surface area contributed by atoms with Crippen molar-refractivity contribution in [3.05, 3.63) is 163 Å². The van der Waals surface area contributed by atoms with Gasteiger partial charge in [-0.05, 0) is 59.7 Å². The lowest BCUT2D eigenvalue weighted by Crippen LogP contribution is -2.33. The summed E-state index contributed by atoms with van der Waals surface area (Å²) in [4.78, 5) is 3.93. The lowest BCUT2D eigenvalue weighted by Gasteiger charge is -2.25. The Morgan fingerprint density at radius 3 is 1.51 bits per heavy atom. The van der Waals surface area contributed by atoms with Crippen LogP contribution in [0.4, 0.5) is 28.9 Å². The largest absolute Gasteiger partial charge is 0.415 e. The molecule has 0 bridgehead atoms. The van der Waals surface area contributed by atoms with Crippen LogP contribution in [0.2, 0.25) is 0 Å². The number of halogens is 4. The Balaban J connectivity index is 0.000000201. The zero-order valence-corrected chi connectivity index (χ0v) is 32.4. The topological polar surface area (TPSA) is 170 Å². The van der Waals surface area contributed by atoms with Crippen LogP contribution in [0, 0.1) is 0 Å².